The van der Waals surface area contributed by atoms with E-state index in [9.17, 15) is 4.79 Å². The molecule has 0 aliphatic heterocycles. The Morgan fingerprint density at radius 2 is 2.33 bits per heavy atom. The van der Waals surface area contributed by atoms with Crippen LogP contribution in [0.3, 0.4) is 0 Å². The third-order valence-electron chi connectivity index (χ3n) is 3.79. The highest BCUT2D eigenvalue weighted by molar-refractivity contribution is 7.09. The minimum Gasteiger partial charge on any atom is -0.467 e. The molecule has 0 saturated heterocycles. The first-order chi connectivity index (χ1) is 11.6. The number of aromatic nitrogens is 2. The summed E-state index contributed by atoms with van der Waals surface area (Å²) in [4.78, 5) is 17.0. The van der Waals surface area contributed by atoms with E-state index in [1.807, 2.05) is 37.4 Å². The Labute approximate surface area is 144 Å². The number of nitrogens with zero attached hydrogens (tertiary/aromatic N) is 2. The highest BCUT2D eigenvalue weighted by Crippen LogP contribution is 2.28. The predicted molar refractivity (Wildman–Crippen MR) is 95.4 cm³/mol. The van der Waals surface area contributed by atoms with Crippen molar-refractivity contribution in [3.63, 3.8) is 0 Å². The summed E-state index contributed by atoms with van der Waals surface area (Å²) in [7, 11) is 0. The summed E-state index contributed by atoms with van der Waals surface area (Å²) >= 11 is 1.59. The molecule has 3 heterocycles. The molecule has 3 aromatic heterocycles. The van der Waals surface area contributed by atoms with Gasteiger partial charge in [-0.25, -0.2) is 4.98 Å². The number of hydrogen-bond donors (Lipinski definition) is 1. The lowest BCUT2D eigenvalue weighted by atomic mass is 10.2. The molecule has 6 heteroatoms. The van der Waals surface area contributed by atoms with Crippen molar-refractivity contribution < 1.29 is 9.21 Å². The van der Waals surface area contributed by atoms with E-state index >= 15 is 0 Å². The molecule has 0 aliphatic carbocycles. The third kappa shape index (κ3) is 3.19. The van der Waals surface area contributed by atoms with Gasteiger partial charge in [0.05, 0.1) is 34.8 Å². The Balaban J connectivity index is 2.04. The zero-order valence-electron chi connectivity index (χ0n) is 13.7. The highest BCUT2D eigenvalue weighted by Gasteiger charge is 2.20. The minimum absolute atomic E-state index is 0.112. The van der Waals surface area contributed by atoms with Crippen molar-refractivity contribution in [1.82, 2.24) is 14.9 Å². The van der Waals surface area contributed by atoms with E-state index in [1.165, 1.54) is 0 Å². The molecule has 0 aromatic carbocycles. The number of thiazole rings is 1. The molecule has 5 nitrogen and oxygen atoms in total. The van der Waals surface area contributed by atoms with Gasteiger partial charge in [-0.3, -0.25) is 4.79 Å². The SMILES string of the molecule is C=CCNC(=O)c1cc(-c2csc(C)n2)n(Cc2ccco2)c1C. The van der Waals surface area contributed by atoms with Crippen LogP contribution >= 0.6 is 11.3 Å². The lowest BCUT2D eigenvalue weighted by Gasteiger charge is -2.09. The molecule has 24 heavy (non-hydrogen) atoms. The molecular weight excluding hydrogens is 322 g/mol. The van der Waals surface area contributed by atoms with Crippen LogP contribution in [-0.2, 0) is 6.54 Å². The Hall–Kier alpha value is -2.60. The van der Waals surface area contributed by atoms with Crippen molar-refractivity contribution in [3.8, 4) is 11.4 Å². The fourth-order valence-electron chi connectivity index (χ4n) is 2.59. The smallest absolute Gasteiger partial charge is 0.253 e. The Morgan fingerprint density at radius 3 is 2.96 bits per heavy atom. The number of furan rings is 1. The van der Waals surface area contributed by atoms with Gasteiger partial charge in [0.1, 0.15) is 5.76 Å². The average molecular weight is 341 g/mol. The molecule has 0 aliphatic rings. The zero-order valence-corrected chi connectivity index (χ0v) is 14.5. The fraction of sp³-hybridized carbons (Fsp3) is 0.222. The number of carbonyl (C=O) groups excluding carboxylic acids is 1. The van der Waals surface area contributed by atoms with Crippen molar-refractivity contribution in [2.45, 2.75) is 20.4 Å². The van der Waals surface area contributed by atoms with Crippen molar-refractivity contribution in [2.24, 2.45) is 0 Å². The van der Waals surface area contributed by atoms with Gasteiger partial charge >= 0.3 is 0 Å². The quantitative estimate of drug-likeness (QED) is 0.694. The molecule has 1 N–H and O–H groups in total. The second-order valence-electron chi connectivity index (χ2n) is 5.44. The molecule has 1 amide bonds. The molecule has 0 radical (unpaired) electrons. The first-order valence-corrected chi connectivity index (χ1v) is 8.52. The summed E-state index contributed by atoms with van der Waals surface area (Å²) in [6.45, 7) is 8.53. The largest absolute Gasteiger partial charge is 0.467 e. The number of aryl methyl sites for hydroxylation is 1. The van der Waals surface area contributed by atoms with Crippen LogP contribution < -0.4 is 5.32 Å². The van der Waals surface area contributed by atoms with E-state index in [0.29, 0.717) is 18.7 Å². The molecule has 0 spiro atoms. The van der Waals surface area contributed by atoms with Crippen LogP contribution in [0.1, 0.15) is 26.8 Å². The average Bonchev–Trinajstić information content (AvgIpc) is 3.28. The fourth-order valence-corrected chi connectivity index (χ4v) is 3.20. The normalized spacial score (nSPS) is 10.8. The summed E-state index contributed by atoms with van der Waals surface area (Å²) in [6.07, 6.45) is 3.32. The van der Waals surface area contributed by atoms with E-state index in [4.69, 9.17) is 4.42 Å². The highest BCUT2D eigenvalue weighted by atomic mass is 32.1. The summed E-state index contributed by atoms with van der Waals surface area (Å²) < 4.78 is 7.54. The topological polar surface area (TPSA) is 60.1 Å². The summed E-state index contributed by atoms with van der Waals surface area (Å²) in [5, 5.41) is 5.83. The molecule has 124 valence electrons. The maximum Gasteiger partial charge on any atom is 0.253 e. The van der Waals surface area contributed by atoms with Gasteiger partial charge in [-0.05, 0) is 32.0 Å². The standard InChI is InChI=1S/C18H19N3O2S/c1-4-7-19-18(22)15-9-17(16-11-24-13(3)20-16)21(12(15)2)10-14-6-5-8-23-14/h4-6,8-9,11H,1,7,10H2,2-3H3,(H,19,22). The minimum atomic E-state index is -0.112. The van der Waals surface area contributed by atoms with Crippen LogP contribution in [-0.4, -0.2) is 22.0 Å². The van der Waals surface area contributed by atoms with Crippen LogP contribution in [0.25, 0.3) is 11.4 Å². The number of carbonyl (C=O) groups is 1. The molecule has 3 rings (SSSR count). The van der Waals surface area contributed by atoms with Gasteiger partial charge in [-0.1, -0.05) is 6.08 Å². The first-order valence-electron chi connectivity index (χ1n) is 7.64. The monoisotopic (exact) mass is 341 g/mol. The van der Waals surface area contributed by atoms with E-state index in [0.717, 1.165) is 27.8 Å². The molecular formula is C18H19N3O2S. The van der Waals surface area contributed by atoms with Crippen LogP contribution in [0.5, 0.6) is 0 Å². The van der Waals surface area contributed by atoms with Crippen LogP contribution in [0, 0.1) is 13.8 Å². The van der Waals surface area contributed by atoms with Crippen LogP contribution in [0.4, 0.5) is 0 Å². The van der Waals surface area contributed by atoms with Crippen molar-refractivity contribution in [3.05, 3.63) is 64.5 Å². The predicted octanol–water partition coefficient (Wildman–Crippen LogP) is 3.79. The van der Waals surface area contributed by atoms with Crippen molar-refractivity contribution in [2.75, 3.05) is 6.54 Å². The van der Waals surface area contributed by atoms with Gasteiger partial charge in [0, 0.05) is 17.6 Å². The van der Waals surface area contributed by atoms with Crippen LogP contribution in [0.15, 0.2) is 46.9 Å². The Kier molecular flexibility index (Phi) is 4.66. The summed E-state index contributed by atoms with van der Waals surface area (Å²) in [6, 6.07) is 5.68. The van der Waals surface area contributed by atoms with Crippen LogP contribution in [0.2, 0.25) is 0 Å². The Morgan fingerprint density at radius 1 is 1.50 bits per heavy atom. The molecule has 0 atom stereocenters. The van der Waals surface area contributed by atoms with E-state index in [2.05, 4.69) is 21.4 Å². The van der Waals surface area contributed by atoms with Gasteiger partial charge in [-0.2, -0.15) is 0 Å². The van der Waals surface area contributed by atoms with E-state index < -0.39 is 0 Å². The number of amides is 1. The van der Waals surface area contributed by atoms with Gasteiger partial charge in [0.2, 0.25) is 0 Å². The molecule has 0 bridgehead atoms. The van der Waals surface area contributed by atoms with Gasteiger partial charge < -0.3 is 14.3 Å². The maximum absolute atomic E-state index is 12.4. The molecule has 0 saturated carbocycles. The van der Waals surface area contributed by atoms with Crippen molar-refractivity contribution in [1.29, 1.82) is 0 Å². The zero-order chi connectivity index (χ0) is 17.1. The van der Waals surface area contributed by atoms with E-state index in [-0.39, 0.29) is 5.91 Å². The lowest BCUT2D eigenvalue weighted by molar-refractivity contribution is 0.0957. The molecule has 0 unspecified atom stereocenters. The number of nitrogens with one attached hydrogen (secondary N) is 1. The summed E-state index contributed by atoms with van der Waals surface area (Å²) in [5.41, 5.74) is 3.31. The second-order valence-corrected chi connectivity index (χ2v) is 6.51. The third-order valence-corrected chi connectivity index (χ3v) is 4.57. The maximum atomic E-state index is 12.4. The van der Waals surface area contributed by atoms with E-state index in [1.54, 1.807) is 23.7 Å². The molecule has 0 fully saturated rings. The number of hydrogen-bond acceptors (Lipinski definition) is 4. The van der Waals surface area contributed by atoms with Gasteiger partial charge in [0.15, 0.2) is 0 Å². The van der Waals surface area contributed by atoms with Crippen molar-refractivity contribution >= 4 is 17.2 Å². The lowest BCUT2D eigenvalue weighted by Crippen LogP contribution is -2.23. The molecule has 3 aromatic rings. The second kappa shape index (κ2) is 6.88. The Bertz CT molecular complexity index is 859. The van der Waals surface area contributed by atoms with Gasteiger partial charge in [-0.15, -0.1) is 17.9 Å². The first kappa shape index (κ1) is 16.3. The van der Waals surface area contributed by atoms with Gasteiger partial charge in [0.25, 0.3) is 5.91 Å². The summed E-state index contributed by atoms with van der Waals surface area (Å²) in [5.74, 6) is 0.721. The number of rotatable bonds is 6.